The maximum absolute atomic E-state index is 11.8. The van der Waals surface area contributed by atoms with Crippen LogP contribution in [-0.4, -0.2) is 23.3 Å². The summed E-state index contributed by atoms with van der Waals surface area (Å²) in [5.74, 6) is 0.348. The Hall–Kier alpha value is -3.30. The van der Waals surface area contributed by atoms with Gasteiger partial charge >= 0.3 is 0 Å². The van der Waals surface area contributed by atoms with Gasteiger partial charge in [-0.2, -0.15) is 5.26 Å². The highest BCUT2D eigenvalue weighted by molar-refractivity contribution is 6.02. The number of aromatic nitrogens is 1. The van der Waals surface area contributed by atoms with Gasteiger partial charge in [0.2, 0.25) is 5.91 Å². The van der Waals surface area contributed by atoms with Crippen LogP contribution in [0.3, 0.4) is 0 Å². The summed E-state index contributed by atoms with van der Waals surface area (Å²) in [5, 5.41) is 12.3. The fourth-order valence-corrected chi connectivity index (χ4v) is 2.63. The van der Waals surface area contributed by atoms with Crippen molar-refractivity contribution in [3.8, 4) is 17.2 Å². The van der Waals surface area contributed by atoms with Crippen molar-refractivity contribution in [2.45, 2.75) is 27.2 Å². The standard InChI is InChI=1S/C22H25N5O/c1-4-15(3)22(27-21(28)14-24)26-20(5-2)19-11-16(13-23)10-18(12-19)17-6-8-25-9-7-17/h5-12,15H,4,14,24H2,1-3H3,(H,26,27,28)/b20-5-. The van der Waals surface area contributed by atoms with Crippen molar-refractivity contribution >= 4 is 17.4 Å². The molecule has 1 atom stereocenters. The number of carbonyl (C=O) groups is 1. The molecular formula is C22H25N5O. The van der Waals surface area contributed by atoms with Gasteiger partial charge in [0.05, 0.1) is 23.9 Å². The van der Waals surface area contributed by atoms with Crippen LogP contribution in [0.25, 0.3) is 16.8 Å². The third-order valence-corrected chi connectivity index (χ3v) is 4.42. The predicted molar refractivity (Wildman–Crippen MR) is 112 cm³/mol. The molecule has 0 aliphatic heterocycles. The summed E-state index contributed by atoms with van der Waals surface area (Å²) in [6, 6.07) is 11.6. The van der Waals surface area contributed by atoms with Gasteiger partial charge in [-0.3, -0.25) is 9.78 Å². The minimum absolute atomic E-state index is 0.0595. The second kappa shape index (κ2) is 10.1. The van der Waals surface area contributed by atoms with Crippen LogP contribution in [0.5, 0.6) is 0 Å². The van der Waals surface area contributed by atoms with Gasteiger partial charge in [0.15, 0.2) is 0 Å². The molecule has 3 N–H and O–H groups in total. The van der Waals surface area contributed by atoms with E-state index in [9.17, 15) is 10.1 Å². The van der Waals surface area contributed by atoms with Crippen LogP contribution in [0.15, 0.2) is 53.8 Å². The molecule has 1 amide bonds. The van der Waals surface area contributed by atoms with Gasteiger partial charge in [0.25, 0.3) is 0 Å². The molecule has 1 aromatic heterocycles. The Labute approximate surface area is 165 Å². The zero-order valence-corrected chi connectivity index (χ0v) is 16.4. The smallest absolute Gasteiger partial charge is 0.239 e. The highest BCUT2D eigenvalue weighted by Gasteiger charge is 2.14. The van der Waals surface area contributed by atoms with Crippen molar-refractivity contribution in [3.05, 3.63) is 59.9 Å². The molecule has 1 aromatic carbocycles. The lowest BCUT2D eigenvalue weighted by molar-refractivity contribution is -0.118. The average molecular weight is 375 g/mol. The van der Waals surface area contributed by atoms with Gasteiger partial charge in [-0.25, -0.2) is 4.99 Å². The van der Waals surface area contributed by atoms with E-state index >= 15 is 0 Å². The van der Waals surface area contributed by atoms with Gasteiger partial charge in [0.1, 0.15) is 5.84 Å². The Morgan fingerprint density at radius 3 is 2.61 bits per heavy atom. The van der Waals surface area contributed by atoms with E-state index in [2.05, 4.69) is 16.4 Å². The summed E-state index contributed by atoms with van der Waals surface area (Å²) in [6.45, 7) is 5.80. The maximum atomic E-state index is 11.8. The number of aliphatic imine (C=N–C) groups is 1. The summed E-state index contributed by atoms with van der Waals surface area (Å²) in [6.07, 6.45) is 6.11. The molecule has 1 unspecified atom stereocenters. The van der Waals surface area contributed by atoms with E-state index in [-0.39, 0.29) is 18.4 Å². The van der Waals surface area contributed by atoms with Crippen molar-refractivity contribution in [2.75, 3.05) is 6.54 Å². The number of nitrogens with zero attached hydrogens (tertiary/aromatic N) is 3. The highest BCUT2D eigenvalue weighted by atomic mass is 16.1. The third-order valence-electron chi connectivity index (χ3n) is 4.42. The maximum Gasteiger partial charge on any atom is 0.239 e. The first kappa shape index (κ1) is 21.0. The number of allylic oxidation sites excluding steroid dienone is 1. The molecule has 0 saturated carbocycles. The lowest BCUT2D eigenvalue weighted by atomic mass is 9.99. The monoisotopic (exact) mass is 375 g/mol. The Morgan fingerprint density at radius 1 is 1.32 bits per heavy atom. The number of nitrogens with two attached hydrogens (primary N) is 1. The molecule has 1 heterocycles. The largest absolute Gasteiger partial charge is 0.322 e. The Balaban J connectivity index is 2.53. The minimum Gasteiger partial charge on any atom is -0.322 e. The zero-order valence-electron chi connectivity index (χ0n) is 16.4. The molecule has 0 radical (unpaired) electrons. The fourth-order valence-electron chi connectivity index (χ4n) is 2.63. The van der Waals surface area contributed by atoms with Crippen LogP contribution in [0, 0.1) is 17.2 Å². The number of nitriles is 1. The second-order valence-corrected chi connectivity index (χ2v) is 6.38. The molecule has 0 aliphatic carbocycles. The van der Waals surface area contributed by atoms with E-state index in [1.165, 1.54) is 0 Å². The zero-order chi connectivity index (χ0) is 20.5. The second-order valence-electron chi connectivity index (χ2n) is 6.38. The summed E-state index contributed by atoms with van der Waals surface area (Å²) >= 11 is 0. The molecule has 0 saturated heterocycles. The van der Waals surface area contributed by atoms with Gasteiger partial charge in [-0.15, -0.1) is 0 Å². The van der Waals surface area contributed by atoms with Crippen molar-refractivity contribution in [1.29, 1.82) is 5.26 Å². The average Bonchev–Trinajstić information content (AvgIpc) is 2.75. The summed E-state index contributed by atoms with van der Waals surface area (Å²) in [5.41, 5.74) is 9.32. The SMILES string of the molecule is C/C=C(\N=C(NC(=O)CN)C(C)CC)c1cc(C#N)cc(-c2ccncc2)c1. The Bertz CT molecular complexity index is 926. The molecule has 6 heteroatoms. The van der Waals surface area contributed by atoms with Gasteiger partial charge in [0, 0.05) is 23.9 Å². The minimum atomic E-state index is -0.280. The molecule has 2 rings (SSSR count). The summed E-state index contributed by atoms with van der Waals surface area (Å²) in [7, 11) is 0. The van der Waals surface area contributed by atoms with Crippen LogP contribution in [0.2, 0.25) is 0 Å². The lowest BCUT2D eigenvalue weighted by Crippen LogP contribution is -2.38. The summed E-state index contributed by atoms with van der Waals surface area (Å²) in [4.78, 5) is 20.5. The van der Waals surface area contributed by atoms with Crippen LogP contribution >= 0.6 is 0 Å². The van der Waals surface area contributed by atoms with Gasteiger partial charge in [-0.05, 0) is 54.8 Å². The van der Waals surface area contributed by atoms with Crippen LogP contribution in [0.1, 0.15) is 38.3 Å². The number of nitrogens with one attached hydrogen (secondary N) is 1. The molecule has 2 aromatic rings. The number of amides is 1. The molecule has 0 fully saturated rings. The number of hydrogen-bond donors (Lipinski definition) is 2. The quantitative estimate of drug-likeness (QED) is 0.595. The Morgan fingerprint density at radius 2 is 2.04 bits per heavy atom. The van der Waals surface area contributed by atoms with Crippen molar-refractivity contribution in [3.63, 3.8) is 0 Å². The first-order chi connectivity index (χ1) is 13.5. The number of carbonyl (C=O) groups excluding carboxylic acids is 1. The molecule has 0 spiro atoms. The van der Waals surface area contributed by atoms with Gasteiger partial charge in [-0.1, -0.05) is 19.9 Å². The number of pyridine rings is 1. The van der Waals surface area contributed by atoms with Crippen molar-refractivity contribution < 1.29 is 4.79 Å². The van der Waals surface area contributed by atoms with E-state index < -0.39 is 0 Å². The predicted octanol–water partition coefficient (Wildman–Crippen LogP) is 3.50. The first-order valence-electron chi connectivity index (χ1n) is 9.23. The van der Waals surface area contributed by atoms with E-state index in [0.29, 0.717) is 17.1 Å². The van der Waals surface area contributed by atoms with Crippen LogP contribution in [-0.2, 0) is 4.79 Å². The topological polar surface area (TPSA) is 104 Å². The van der Waals surface area contributed by atoms with E-state index in [1.807, 2.05) is 51.1 Å². The highest BCUT2D eigenvalue weighted by Crippen LogP contribution is 2.26. The molecule has 0 aliphatic rings. The van der Waals surface area contributed by atoms with E-state index in [0.717, 1.165) is 23.1 Å². The Kier molecular flexibility index (Phi) is 7.61. The number of benzene rings is 1. The molecular weight excluding hydrogens is 350 g/mol. The lowest BCUT2D eigenvalue weighted by Gasteiger charge is -2.15. The number of amidine groups is 1. The van der Waals surface area contributed by atoms with Crippen molar-refractivity contribution in [2.24, 2.45) is 16.6 Å². The fraction of sp³-hybridized carbons (Fsp3) is 0.273. The van der Waals surface area contributed by atoms with Crippen LogP contribution < -0.4 is 11.1 Å². The third kappa shape index (κ3) is 5.35. The molecule has 0 bridgehead atoms. The number of hydrogen-bond acceptors (Lipinski definition) is 5. The molecule has 144 valence electrons. The van der Waals surface area contributed by atoms with E-state index in [1.54, 1.807) is 18.5 Å². The number of rotatable bonds is 6. The molecule has 6 nitrogen and oxygen atoms in total. The van der Waals surface area contributed by atoms with Crippen molar-refractivity contribution in [1.82, 2.24) is 10.3 Å². The van der Waals surface area contributed by atoms with Gasteiger partial charge < -0.3 is 11.1 Å². The van der Waals surface area contributed by atoms with Crippen LogP contribution in [0.4, 0.5) is 0 Å². The normalized spacial score (nSPS) is 13.0. The first-order valence-corrected chi connectivity index (χ1v) is 9.23. The summed E-state index contributed by atoms with van der Waals surface area (Å²) < 4.78 is 0. The van der Waals surface area contributed by atoms with E-state index in [4.69, 9.17) is 10.7 Å². The molecule has 28 heavy (non-hydrogen) atoms.